The first-order chi connectivity index (χ1) is 15.0. The second kappa shape index (κ2) is 8.16. The van der Waals surface area contributed by atoms with E-state index in [4.69, 9.17) is 14.0 Å². The van der Waals surface area contributed by atoms with E-state index in [1.807, 2.05) is 6.07 Å². The van der Waals surface area contributed by atoms with Crippen molar-refractivity contribution in [3.05, 3.63) is 41.3 Å². The molecule has 1 saturated heterocycles. The molecule has 2 aliphatic heterocycles. The Morgan fingerprint density at radius 1 is 1.19 bits per heavy atom. The summed E-state index contributed by atoms with van der Waals surface area (Å²) < 4.78 is 16.1. The molecule has 8 heteroatoms. The Morgan fingerprint density at radius 2 is 1.97 bits per heavy atom. The number of carbonyl (C=O) groups excluding carboxylic acids is 1. The lowest BCUT2D eigenvalue weighted by Gasteiger charge is -2.35. The van der Waals surface area contributed by atoms with Gasteiger partial charge in [0.2, 0.25) is 6.79 Å². The van der Waals surface area contributed by atoms with Crippen LogP contribution in [0.15, 0.2) is 28.8 Å². The summed E-state index contributed by atoms with van der Waals surface area (Å²) in [5.41, 5.74) is 1.47. The van der Waals surface area contributed by atoms with Crippen LogP contribution in [0.1, 0.15) is 54.4 Å². The van der Waals surface area contributed by atoms with Gasteiger partial charge in [0, 0.05) is 37.2 Å². The highest BCUT2D eigenvalue weighted by atomic mass is 16.7. The highest BCUT2D eigenvalue weighted by Gasteiger charge is 2.42. The van der Waals surface area contributed by atoms with Crippen molar-refractivity contribution in [2.75, 3.05) is 19.9 Å². The van der Waals surface area contributed by atoms with Gasteiger partial charge in [-0.25, -0.2) is 0 Å². The molecule has 8 nitrogen and oxygen atoms in total. The van der Waals surface area contributed by atoms with E-state index in [1.54, 1.807) is 18.2 Å². The van der Waals surface area contributed by atoms with Crippen molar-refractivity contribution >= 4 is 5.91 Å². The molecule has 1 aromatic heterocycles. The number of fused-ring (bicyclic) bond motifs is 2. The van der Waals surface area contributed by atoms with Crippen molar-refractivity contribution in [3.63, 3.8) is 0 Å². The van der Waals surface area contributed by atoms with Crippen LogP contribution in [0.25, 0.3) is 0 Å². The molecule has 1 amide bonds. The molecule has 5 rings (SSSR count). The second-order valence-electron chi connectivity index (χ2n) is 9.28. The van der Waals surface area contributed by atoms with Gasteiger partial charge in [-0.05, 0) is 42.9 Å². The third-order valence-corrected chi connectivity index (χ3v) is 6.70. The number of hydrogen-bond donors (Lipinski definition) is 2. The third kappa shape index (κ3) is 4.14. The predicted molar refractivity (Wildman–Crippen MR) is 112 cm³/mol. The molecule has 2 N–H and O–H groups in total. The molecule has 1 aliphatic carbocycles. The molecule has 2 fully saturated rings. The Morgan fingerprint density at radius 3 is 2.74 bits per heavy atom. The molecule has 3 aliphatic rings. The first-order valence-electron chi connectivity index (χ1n) is 11.0. The lowest BCUT2D eigenvalue weighted by molar-refractivity contribution is 0.0461. The molecule has 2 aromatic rings. The van der Waals surface area contributed by atoms with Crippen LogP contribution in [0.2, 0.25) is 0 Å². The number of aromatic nitrogens is 1. The number of aliphatic hydroxyl groups is 1. The molecule has 166 valence electrons. The summed E-state index contributed by atoms with van der Waals surface area (Å²) in [4.78, 5) is 15.1. The zero-order valence-electron chi connectivity index (χ0n) is 17.9. The summed E-state index contributed by atoms with van der Waals surface area (Å²) in [5, 5.41) is 17.9. The number of rotatable bonds is 5. The van der Waals surface area contributed by atoms with Crippen LogP contribution < -0.4 is 14.8 Å². The average molecular weight is 428 g/mol. The van der Waals surface area contributed by atoms with E-state index in [1.165, 1.54) is 0 Å². The molecule has 0 unspecified atom stereocenters. The molecule has 0 spiro atoms. The Hall–Kier alpha value is -2.58. The zero-order valence-corrected chi connectivity index (χ0v) is 17.9. The van der Waals surface area contributed by atoms with Crippen molar-refractivity contribution in [2.24, 2.45) is 11.8 Å². The largest absolute Gasteiger partial charge is 0.454 e. The first-order valence-corrected chi connectivity index (χ1v) is 11.0. The number of likely N-dealkylation sites (tertiary alicyclic amines) is 1. The van der Waals surface area contributed by atoms with E-state index in [0.29, 0.717) is 41.2 Å². The monoisotopic (exact) mass is 427 g/mol. The summed E-state index contributed by atoms with van der Waals surface area (Å²) >= 11 is 0. The summed E-state index contributed by atoms with van der Waals surface area (Å²) in [6.07, 6.45) is 0.927. The summed E-state index contributed by atoms with van der Waals surface area (Å²) in [7, 11) is 0. The van der Waals surface area contributed by atoms with Crippen molar-refractivity contribution in [1.29, 1.82) is 0 Å². The van der Waals surface area contributed by atoms with Crippen LogP contribution in [-0.2, 0) is 6.54 Å². The number of nitrogens with zero attached hydrogens (tertiary/aromatic N) is 2. The summed E-state index contributed by atoms with van der Waals surface area (Å²) in [5.74, 6) is 3.15. The molecule has 4 atom stereocenters. The second-order valence-corrected chi connectivity index (χ2v) is 9.28. The summed E-state index contributed by atoms with van der Waals surface area (Å²) in [6, 6.07) is 6.94. The van der Waals surface area contributed by atoms with E-state index in [9.17, 15) is 9.90 Å². The number of ether oxygens (including phenoxy) is 2. The Balaban J connectivity index is 1.19. The van der Waals surface area contributed by atoms with Gasteiger partial charge >= 0.3 is 0 Å². The average Bonchev–Trinajstić information content (AvgIpc) is 3.47. The number of benzene rings is 1. The fraction of sp³-hybridized carbons (Fsp3) is 0.565. The fourth-order valence-electron chi connectivity index (χ4n) is 5.01. The van der Waals surface area contributed by atoms with Gasteiger partial charge < -0.3 is 24.4 Å². The highest BCUT2D eigenvalue weighted by molar-refractivity contribution is 5.95. The Labute approximate surface area is 181 Å². The van der Waals surface area contributed by atoms with Gasteiger partial charge in [-0.2, -0.15) is 0 Å². The molecule has 0 bridgehead atoms. The van der Waals surface area contributed by atoms with Crippen LogP contribution in [0.3, 0.4) is 0 Å². The molecule has 3 heterocycles. The van der Waals surface area contributed by atoms with Gasteiger partial charge in [0.15, 0.2) is 11.5 Å². The fourth-order valence-corrected chi connectivity index (χ4v) is 5.01. The molecular formula is C23H29N3O5. The van der Waals surface area contributed by atoms with E-state index in [0.717, 1.165) is 37.5 Å². The standard InChI is InChI=1S/C23H29N3O5/c1-13(2)21-8-17(25-31-21)11-26-9-15-5-18(19(27)6-16(15)10-26)24-23(28)14-3-4-20-22(7-14)30-12-29-20/h3-4,7-8,13,15-16,18-19,27H,5-6,9-12H2,1-2H3,(H,24,28)/t15-,16+,18-,19-/m0/s1. The van der Waals surface area contributed by atoms with Gasteiger partial charge in [-0.3, -0.25) is 9.69 Å². The normalized spacial score (nSPS) is 27.5. The molecule has 31 heavy (non-hydrogen) atoms. The molecule has 1 saturated carbocycles. The SMILES string of the molecule is CC(C)c1cc(CN2C[C@H]3C[C@H](O)[C@@H](NC(=O)c4ccc5c(c4)OCO5)C[C@H]3C2)no1. The zero-order chi connectivity index (χ0) is 21.5. The molecular weight excluding hydrogens is 398 g/mol. The van der Waals surface area contributed by atoms with Gasteiger partial charge in [-0.15, -0.1) is 0 Å². The topological polar surface area (TPSA) is 97.1 Å². The van der Waals surface area contributed by atoms with Crippen LogP contribution in [0.4, 0.5) is 0 Å². The van der Waals surface area contributed by atoms with Crippen LogP contribution >= 0.6 is 0 Å². The maximum atomic E-state index is 12.8. The lowest BCUT2D eigenvalue weighted by atomic mass is 9.77. The lowest BCUT2D eigenvalue weighted by Crippen LogP contribution is -2.49. The first kappa shape index (κ1) is 20.3. The maximum Gasteiger partial charge on any atom is 0.251 e. The quantitative estimate of drug-likeness (QED) is 0.757. The number of aliphatic hydroxyl groups excluding tert-OH is 1. The van der Waals surface area contributed by atoms with Gasteiger partial charge in [0.05, 0.1) is 17.8 Å². The predicted octanol–water partition coefficient (Wildman–Crippen LogP) is 2.53. The molecule has 1 aromatic carbocycles. The van der Waals surface area contributed by atoms with Crippen LogP contribution in [0.5, 0.6) is 11.5 Å². The number of carbonyl (C=O) groups is 1. The Bertz CT molecular complexity index is 958. The third-order valence-electron chi connectivity index (χ3n) is 6.70. The van der Waals surface area contributed by atoms with Crippen molar-refractivity contribution in [1.82, 2.24) is 15.4 Å². The van der Waals surface area contributed by atoms with Crippen LogP contribution in [0, 0.1) is 11.8 Å². The minimum atomic E-state index is -0.543. The van der Waals surface area contributed by atoms with Gasteiger partial charge in [0.1, 0.15) is 5.76 Å². The number of nitrogens with one attached hydrogen (secondary N) is 1. The summed E-state index contributed by atoms with van der Waals surface area (Å²) in [6.45, 7) is 7.00. The van der Waals surface area contributed by atoms with Crippen molar-refractivity contribution in [2.45, 2.75) is 51.3 Å². The van der Waals surface area contributed by atoms with Crippen molar-refractivity contribution in [3.8, 4) is 11.5 Å². The van der Waals surface area contributed by atoms with E-state index in [2.05, 4.69) is 29.2 Å². The van der Waals surface area contributed by atoms with E-state index < -0.39 is 6.10 Å². The highest BCUT2D eigenvalue weighted by Crippen LogP contribution is 2.37. The Kier molecular flexibility index (Phi) is 5.35. The smallest absolute Gasteiger partial charge is 0.251 e. The van der Waals surface area contributed by atoms with Gasteiger partial charge in [0.25, 0.3) is 5.91 Å². The molecule has 0 radical (unpaired) electrons. The van der Waals surface area contributed by atoms with Crippen molar-refractivity contribution < 1.29 is 23.9 Å². The maximum absolute atomic E-state index is 12.8. The number of hydrogen-bond acceptors (Lipinski definition) is 7. The van der Waals surface area contributed by atoms with E-state index >= 15 is 0 Å². The van der Waals surface area contributed by atoms with E-state index in [-0.39, 0.29) is 18.7 Å². The van der Waals surface area contributed by atoms with Gasteiger partial charge in [-0.1, -0.05) is 19.0 Å². The number of amides is 1. The minimum Gasteiger partial charge on any atom is -0.454 e. The van der Waals surface area contributed by atoms with Crippen LogP contribution in [-0.4, -0.2) is 53.1 Å². The minimum absolute atomic E-state index is 0.175.